The fourth-order valence-electron chi connectivity index (χ4n) is 2.51. The first-order valence-electron chi connectivity index (χ1n) is 7.12. The molecular formula is C16H23N3O. The van der Waals surface area contributed by atoms with Gasteiger partial charge in [-0.25, -0.2) is 4.98 Å². The van der Waals surface area contributed by atoms with Crippen LogP contribution in [0.2, 0.25) is 0 Å². The Morgan fingerprint density at radius 3 is 2.50 bits per heavy atom. The van der Waals surface area contributed by atoms with Crippen molar-refractivity contribution in [3.05, 3.63) is 48.0 Å². The molecule has 1 heterocycles. The van der Waals surface area contributed by atoms with Gasteiger partial charge in [-0.05, 0) is 24.1 Å². The maximum absolute atomic E-state index is 6.35. The molecule has 0 aliphatic carbocycles. The lowest BCUT2D eigenvalue weighted by atomic mass is 9.97. The molecule has 1 aromatic carbocycles. The number of ether oxygens (including phenoxy) is 1. The van der Waals surface area contributed by atoms with Gasteiger partial charge in [0.15, 0.2) is 0 Å². The lowest BCUT2D eigenvalue weighted by Gasteiger charge is -2.26. The summed E-state index contributed by atoms with van der Waals surface area (Å²) in [5.74, 6) is 1.92. The summed E-state index contributed by atoms with van der Waals surface area (Å²) >= 11 is 0. The number of aryl methyl sites for hydroxylation is 1. The van der Waals surface area contributed by atoms with Crippen molar-refractivity contribution in [3.8, 4) is 5.75 Å². The molecule has 0 fully saturated rings. The fourth-order valence-corrected chi connectivity index (χ4v) is 2.51. The van der Waals surface area contributed by atoms with Crippen molar-refractivity contribution in [3.63, 3.8) is 0 Å². The third kappa shape index (κ3) is 2.85. The Kier molecular flexibility index (Phi) is 4.79. The van der Waals surface area contributed by atoms with Crippen LogP contribution in [-0.2, 0) is 6.42 Å². The number of benzene rings is 1. The van der Waals surface area contributed by atoms with Gasteiger partial charge in [0.05, 0.1) is 13.2 Å². The van der Waals surface area contributed by atoms with Crippen LogP contribution in [0.15, 0.2) is 36.7 Å². The van der Waals surface area contributed by atoms with E-state index >= 15 is 0 Å². The van der Waals surface area contributed by atoms with Crippen molar-refractivity contribution < 1.29 is 4.74 Å². The summed E-state index contributed by atoms with van der Waals surface area (Å²) in [7, 11) is 1.68. The van der Waals surface area contributed by atoms with Gasteiger partial charge >= 0.3 is 0 Å². The average Bonchev–Trinajstić information content (AvgIpc) is 2.96. The summed E-state index contributed by atoms with van der Waals surface area (Å²) in [4.78, 5) is 4.41. The number of hydrogen-bond acceptors (Lipinski definition) is 3. The molecule has 108 valence electrons. The van der Waals surface area contributed by atoms with Crippen LogP contribution in [0.1, 0.15) is 37.7 Å². The van der Waals surface area contributed by atoms with Gasteiger partial charge in [-0.2, -0.15) is 0 Å². The van der Waals surface area contributed by atoms with Gasteiger partial charge < -0.3 is 15.0 Å². The van der Waals surface area contributed by atoms with Crippen LogP contribution >= 0.6 is 0 Å². The van der Waals surface area contributed by atoms with Gasteiger partial charge in [0.25, 0.3) is 0 Å². The zero-order valence-electron chi connectivity index (χ0n) is 12.4. The average molecular weight is 273 g/mol. The van der Waals surface area contributed by atoms with E-state index in [1.165, 1.54) is 5.56 Å². The second-order valence-electron chi connectivity index (χ2n) is 4.89. The van der Waals surface area contributed by atoms with Crippen LogP contribution in [0.3, 0.4) is 0 Å². The zero-order valence-corrected chi connectivity index (χ0v) is 12.4. The Labute approximate surface area is 120 Å². The molecule has 4 nitrogen and oxygen atoms in total. The van der Waals surface area contributed by atoms with E-state index in [0.29, 0.717) is 0 Å². The van der Waals surface area contributed by atoms with E-state index in [1.54, 1.807) is 7.11 Å². The van der Waals surface area contributed by atoms with Gasteiger partial charge in [0, 0.05) is 24.9 Å². The summed E-state index contributed by atoms with van der Waals surface area (Å²) in [6, 6.07) is 8.29. The molecule has 4 heteroatoms. The SMILES string of the molecule is CCc1nccn1C(c1ccc(OC)cc1)C(N)CC. The maximum Gasteiger partial charge on any atom is 0.118 e. The molecule has 2 N–H and O–H groups in total. The van der Waals surface area contributed by atoms with Crippen LogP contribution < -0.4 is 10.5 Å². The molecule has 1 aromatic heterocycles. The molecule has 2 rings (SSSR count). The predicted molar refractivity (Wildman–Crippen MR) is 81.0 cm³/mol. The molecule has 20 heavy (non-hydrogen) atoms. The Morgan fingerprint density at radius 1 is 1.25 bits per heavy atom. The minimum atomic E-state index is 0.0582. The number of rotatable bonds is 6. The van der Waals surface area contributed by atoms with Crippen molar-refractivity contribution in [2.45, 2.75) is 38.8 Å². The first-order valence-corrected chi connectivity index (χ1v) is 7.12. The largest absolute Gasteiger partial charge is 0.497 e. The Hall–Kier alpha value is -1.81. The molecule has 0 amide bonds. The smallest absolute Gasteiger partial charge is 0.118 e. The van der Waals surface area contributed by atoms with Gasteiger partial charge in [0.2, 0.25) is 0 Å². The quantitative estimate of drug-likeness (QED) is 0.880. The molecule has 2 unspecified atom stereocenters. The molecular weight excluding hydrogens is 250 g/mol. The minimum Gasteiger partial charge on any atom is -0.497 e. The minimum absolute atomic E-state index is 0.0582. The van der Waals surface area contributed by atoms with Crippen molar-refractivity contribution in [1.82, 2.24) is 9.55 Å². The van der Waals surface area contributed by atoms with Crippen LogP contribution in [0.5, 0.6) is 5.75 Å². The first kappa shape index (κ1) is 14.6. The van der Waals surface area contributed by atoms with E-state index in [2.05, 4.69) is 35.5 Å². The second kappa shape index (κ2) is 6.57. The highest BCUT2D eigenvalue weighted by Crippen LogP contribution is 2.26. The summed E-state index contributed by atoms with van der Waals surface area (Å²) in [5.41, 5.74) is 7.54. The number of nitrogens with two attached hydrogens (primary N) is 1. The highest BCUT2D eigenvalue weighted by molar-refractivity contribution is 5.30. The standard InChI is InChI=1S/C16H23N3O/c1-4-14(17)16(19-11-10-18-15(19)5-2)12-6-8-13(20-3)9-7-12/h6-11,14,16H,4-5,17H2,1-3H3. The zero-order chi connectivity index (χ0) is 14.5. The van der Waals surface area contributed by atoms with E-state index in [9.17, 15) is 0 Å². The topological polar surface area (TPSA) is 53.1 Å². The molecule has 0 radical (unpaired) electrons. The first-order chi connectivity index (χ1) is 9.71. The molecule has 0 bridgehead atoms. The van der Waals surface area contributed by atoms with Crippen LogP contribution in [0, 0.1) is 0 Å². The molecule has 0 spiro atoms. The lowest BCUT2D eigenvalue weighted by molar-refractivity contribution is 0.413. The van der Waals surface area contributed by atoms with Gasteiger partial charge in [-0.3, -0.25) is 0 Å². The third-order valence-electron chi connectivity index (χ3n) is 3.70. The summed E-state index contributed by atoms with van der Waals surface area (Å²) in [5, 5.41) is 0. The number of aromatic nitrogens is 2. The Bertz CT molecular complexity index is 533. The molecule has 0 saturated carbocycles. The van der Waals surface area contributed by atoms with Crippen molar-refractivity contribution >= 4 is 0 Å². The highest BCUT2D eigenvalue weighted by atomic mass is 16.5. The van der Waals surface area contributed by atoms with Gasteiger partial charge in [-0.1, -0.05) is 26.0 Å². The fraction of sp³-hybridized carbons (Fsp3) is 0.438. The monoisotopic (exact) mass is 273 g/mol. The highest BCUT2D eigenvalue weighted by Gasteiger charge is 2.22. The van der Waals surface area contributed by atoms with Crippen molar-refractivity contribution in [1.29, 1.82) is 0 Å². The van der Waals surface area contributed by atoms with E-state index in [0.717, 1.165) is 24.4 Å². The van der Waals surface area contributed by atoms with Gasteiger partial charge in [-0.15, -0.1) is 0 Å². The van der Waals surface area contributed by atoms with E-state index in [-0.39, 0.29) is 12.1 Å². The van der Waals surface area contributed by atoms with Crippen LogP contribution in [-0.4, -0.2) is 22.7 Å². The molecule has 0 saturated heterocycles. The number of hydrogen-bond donors (Lipinski definition) is 1. The third-order valence-corrected chi connectivity index (χ3v) is 3.70. The molecule has 0 aliphatic rings. The second-order valence-corrected chi connectivity index (χ2v) is 4.89. The lowest BCUT2D eigenvalue weighted by Crippen LogP contribution is -2.33. The molecule has 0 aliphatic heterocycles. The summed E-state index contributed by atoms with van der Waals surface area (Å²) in [6.45, 7) is 4.23. The Balaban J connectivity index is 2.41. The molecule has 2 aromatic rings. The van der Waals surface area contributed by atoms with Crippen LogP contribution in [0.25, 0.3) is 0 Å². The predicted octanol–water partition coefficient (Wildman–Crippen LogP) is 2.78. The summed E-state index contributed by atoms with van der Waals surface area (Å²) < 4.78 is 7.41. The van der Waals surface area contributed by atoms with Crippen molar-refractivity contribution in [2.24, 2.45) is 5.73 Å². The molecule has 2 atom stereocenters. The Morgan fingerprint density at radius 2 is 1.95 bits per heavy atom. The van der Waals surface area contributed by atoms with Crippen LogP contribution in [0.4, 0.5) is 0 Å². The van der Waals surface area contributed by atoms with Gasteiger partial charge in [0.1, 0.15) is 11.6 Å². The normalized spacial score (nSPS) is 14.0. The number of imidazole rings is 1. The van der Waals surface area contributed by atoms with E-state index in [4.69, 9.17) is 10.5 Å². The van der Waals surface area contributed by atoms with Crippen molar-refractivity contribution in [2.75, 3.05) is 7.11 Å². The van der Waals surface area contributed by atoms with E-state index in [1.807, 2.05) is 24.5 Å². The number of nitrogens with zero attached hydrogens (tertiary/aromatic N) is 2. The van der Waals surface area contributed by atoms with E-state index < -0.39 is 0 Å². The number of methoxy groups -OCH3 is 1. The maximum atomic E-state index is 6.35. The summed E-state index contributed by atoms with van der Waals surface area (Å²) in [6.07, 6.45) is 5.68.